The first kappa shape index (κ1) is 19.3. The van der Waals surface area contributed by atoms with Crippen molar-refractivity contribution in [3.63, 3.8) is 0 Å². The molecule has 0 aliphatic carbocycles. The first-order valence-corrected chi connectivity index (χ1v) is 7.83. The summed E-state index contributed by atoms with van der Waals surface area (Å²) in [5.74, 6) is -0.441. The molecule has 0 amide bonds. The third-order valence-corrected chi connectivity index (χ3v) is 3.50. The maximum Gasteiger partial charge on any atom is 0.416 e. The van der Waals surface area contributed by atoms with Crippen LogP contribution >= 0.6 is 0 Å². The largest absolute Gasteiger partial charge is 0.494 e. The summed E-state index contributed by atoms with van der Waals surface area (Å²) in [5.41, 5.74) is 1.12. The molecule has 1 N–H and O–H groups in total. The van der Waals surface area contributed by atoms with Gasteiger partial charge in [0.2, 0.25) is 0 Å². The summed E-state index contributed by atoms with van der Waals surface area (Å²) in [6, 6.07) is 11.7. The standard InChI is InChI=1S/C20H17F3O3/c1-2-26-17-12-8-15(9-13-17)18(4-3-5-19(24)25)14-6-10-16(11-7-14)20(21,22)23/h3-13H,2H2,1H3,(H,24,25)/b5-3+,18-4+. The van der Waals surface area contributed by atoms with Gasteiger partial charge in [0.1, 0.15) is 5.75 Å². The minimum absolute atomic E-state index is 0.516. The van der Waals surface area contributed by atoms with E-state index in [1.165, 1.54) is 18.2 Å². The van der Waals surface area contributed by atoms with Crippen LogP contribution in [0.4, 0.5) is 13.2 Å². The molecule has 2 aromatic carbocycles. The molecule has 0 bridgehead atoms. The van der Waals surface area contributed by atoms with E-state index in [-0.39, 0.29) is 0 Å². The topological polar surface area (TPSA) is 46.5 Å². The number of carbonyl (C=O) groups is 1. The minimum Gasteiger partial charge on any atom is -0.494 e. The normalized spacial score (nSPS) is 12.4. The molecule has 0 atom stereocenters. The second-order valence-electron chi connectivity index (χ2n) is 5.31. The maximum atomic E-state index is 12.7. The number of rotatable bonds is 6. The van der Waals surface area contributed by atoms with Gasteiger partial charge in [-0.3, -0.25) is 0 Å². The number of ether oxygens (including phenoxy) is 1. The van der Waals surface area contributed by atoms with E-state index in [4.69, 9.17) is 9.84 Å². The predicted molar refractivity (Wildman–Crippen MR) is 92.9 cm³/mol. The molecule has 0 spiro atoms. The maximum absolute atomic E-state index is 12.7. The highest BCUT2D eigenvalue weighted by Gasteiger charge is 2.30. The van der Waals surface area contributed by atoms with E-state index in [9.17, 15) is 18.0 Å². The Kier molecular flexibility index (Phi) is 6.22. The lowest BCUT2D eigenvalue weighted by molar-refractivity contribution is -0.137. The van der Waals surface area contributed by atoms with Crippen molar-refractivity contribution in [2.24, 2.45) is 0 Å². The Bertz CT molecular complexity index is 802. The zero-order valence-electron chi connectivity index (χ0n) is 14.0. The Morgan fingerprint density at radius 1 is 1.04 bits per heavy atom. The van der Waals surface area contributed by atoms with E-state index in [0.29, 0.717) is 23.5 Å². The van der Waals surface area contributed by atoms with Gasteiger partial charge in [0, 0.05) is 6.08 Å². The van der Waals surface area contributed by atoms with E-state index >= 15 is 0 Å². The lowest BCUT2D eigenvalue weighted by Crippen LogP contribution is -2.04. The number of benzene rings is 2. The average Bonchev–Trinajstić information content (AvgIpc) is 2.59. The van der Waals surface area contributed by atoms with Crippen molar-refractivity contribution < 1.29 is 27.8 Å². The van der Waals surface area contributed by atoms with E-state index in [1.54, 1.807) is 30.3 Å². The zero-order chi connectivity index (χ0) is 19.2. The van der Waals surface area contributed by atoms with Gasteiger partial charge in [-0.15, -0.1) is 0 Å². The highest BCUT2D eigenvalue weighted by atomic mass is 19.4. The van der Waals surface area contributed by atoms with Crippen molar-refractivity contribution in [2.45, 2.75) is 13.1 Å². The van der Waals surface area contributed by atoms with Crippen LogP contribution in [0.25, 0.3) is 5.57 Å². The molecule has 0 saturated heterocycles. The number of aliphatic carboxylic acids is 1. The Morgan fingerprint density at radius 3 is 2.04 bits per heavy atom. The van der Waals surface area contributed by atoms with Crippen molar-refractivity contribution in [3.05, 3.63) is 83.4 Å². The first-order chi connectivity index (χ1) is 12.3. The van der Waals surface area contributed by atoms with Crippen LogP contribution in [0.15, 0.2) is 66.8 Å². The predicted octanol–water partition coefficient (Wildman–Crippen LogP) is 5.18. The fourth-order valence-corrected chi connectivity index (χ4v) is 2.32. The number of carboxylic acids is 1. The monoisotopic (exact) mass is 362 g/mol. The minimum atomic E-state index is -4.41. The van der Waals surface area contributed by atoms with Crippen molar-refractivity contribution in [2.75, 3.05) is 6.61 Å². The van der Waals surface area contributed by atoms with Gasteiger partial charge in [0.15, 0.2) is 0 Å². The quantitative estimate of drug-likeness (QED) is 0.569. The van der Waals surface area contributed by atoms with Crippen LogP contribution in [0.3, 0.4) is 0 Å². The summed E-state index contributed by atoms with van der Waals surface area (Å²) in [4.78, 5) is 10.7. The summed E-state index contributed by atoms with van der Waals surface area (Å²) < 4.78 is 43.6. The van der Waals surface area contributed by atoms with Gasteiger partial charge in [-0.2, -0.15) is 13.2 Å². The molecule has 2 aromatic rings. The first-order valence-electron chi connectivity index (χ1n) is 7.83. The molecule has 0 radical (unpaired) electrons. The zero-order valence-corrected chi connectivity index (χ0v) is 14.0. The van der Waals surface area contributed by atoms with Crippen molar-refractivity contribution in [3.8, 4) is 5.75 Å². The van der Waals surface area contributed by atoms with Crippen LogP contribution in [0.5, 0.6) is 5.75 Å². The lowest BCUT2D eigenvalue weighted by Gasteiger charge is -2.11. The van der Waals surface area contributed by atoms with Crippen LogP contribution in [-0.2, 0) is 11.0 Å². The molecule has 0 fully saturated rings. The number of alkyl halides is 3. The molecule has 3 nitrogen and oxygen atoms in total. The number of carboxylic acid groups (broad SMARTS) is 1. The molecule has 0 unspecified atom stereocenters. The molecule has 0 aliphatic rings. The molecular formula is C20H17F3O3. The van der Waals surface area contributed by atoms with Crippen LogP contribution < -0.4 is 4.74 Å². The fourth-order valence-electron chi connectivity index (χ4n) is 2.32. The Morgan fingerprint density at radius 2 is 1.58 bits per heavy atom. The number of hydrogen-bond donors (Lipinski definition) is 1. The fraction of sp³-hybridized carbons (Fsp3) is 0.150. The summed E-state index contributed by atoms with van der Waals surface area (Å²) in [6.07, 6.45) is -0.568. The molecule has 26 heavy (non-hydrogen) atoms. The molecular weight excluding hydrogens is 345 g/mol. The van der Waals surface area contributed by atoms with E-state index in [2.05, 4.69) is 0 Å². The summed E-state index contributed by atoms with van der Waals surface area (Å²) in [5, 5.41) is 8.73. The summed E-state index contributed by atoms with van der Waals surface area (Å²) >= 11 is 0. The van der Waals surface area contributed by atoms with Gasteiger partial charge in [0.05, 0.1) is 12.2 Å². The molecule has 6 heteroatoms. The Labute approximate surface area is 149 Å². The number of allylic oxidation sites excluding steroid dienone is 2. The van der Waals surface area contributed by atoms with Crippen LogP contribution in [0, 0.1) is 0 Å². The van der Waals surface area contributed by atoms with Gasteiger partial charge in [-0.1, -0.05) is 36.4 Å². The van der Waals surface area contributed by atoms with E-state index in [1.807, 2.05) is 6.92 Å². The number of hydrogen-bond acceptors (Lipinski definition) is 2. The molecule has 2 rings (SSSR count). The van der Waals surface area contributed by atoms with Crippen LogP contribution in [0.1, 0.15) is 23.6 Å². The van der Waals surface area contributed by atoms with E-state index < -0.39 is 17.7 Å². The smallest absolute Gasteiger partial charge is 0.416 e. The van der Waals surface area contributed by atoms with Crippen LogP contribution in [0.2, 0.25) is 0 Å². The van der Waals surface area contributed by atoms with Crippen molar-refractivity contribution in [1.82, 2.24) is 0 Å². The van der Waals surface area contributed by atoms with Gasteiger partial charge >= 0.3 is 12.1 Å². The number of halogens is 3. The van der Waals surface area contributed by atoms with Gasteiger partial charge in [-0.05, 0) is 47.9 Å². The van der Waals surface area contributed by atoms with Crippen molar-refractivity contribution in [1.29, 1.82) is 0 Å². The Balaban J connectivity index is 2.42. The van der Waals surface area contributed by atoms with E-state index in [0.717, 1.165) is 23.8 Å². The summed E-state index contributed by atoms with van der Waals surface area (Å²) in [6.45, 7) is 2.38. The van der Waals surface area contributed by atoms with Crippen LogP contribution in [-0.4, -0.2) is 17.7 Å². The second-order valence-corrected chi connectivity index (χ2v) is 5.31. The molecule has 0 aromatic heterocycles. The molecule has 0 saturated carbocycles. The average molecular weight is 362 g/mol. The molecule has 0 aliphatic heterocycles. The molecule has 136 valence electrons. The van der Waals surface area contributed by atoms with Gasteiger partial charge in [-0.25, -0.2) is 4.79 Å². The van der Waals surface area contributed by atoms with Crippen molar-refractivity contribution >= 4 is 11.5 Å². The lowest BCUT2D eigenvalue weighted by atomic mass is 9.96. The highest BCUT2D eigenvalue weighted by molar-refractivity contribution is 5.84. The highest BCUT2D eigenvalue weighted by Crippen LogP contribution is 2.31. The molecule has 0 heterocycles. The summed E-state index contributed by atoms with van der Waals surface area (Å²) in [7, 11) is 0. The SMILES string of the molecule is CCOc1ccc(/C(=C/C=C/C(=O)O)c2ccc(C(F)(F)F)cc2)cc1. The second kappa shape index (κ2) is 8.38. The van der Waals surface area contributed by atoms with Gasteiger partial charge in [0.25, 0.3) is 0 Å². The Hall–Kier alpha value is -3.02. The van der Waals surface area contributed by atoms with Gasteiger partial charge < -0.3 is 9.84 Å². The third kappa shape index (κ3) is 5.24. The third-order valence-electron chi connectivity index (χ3n) is 3.50.